The maximum absolute atomic E-state index is 11.5. The number of anilines is 2. The lowest BCUT2D eigenvalue weighted by Gasteiger charge is -2.10. The zero-order valence-corrected chi connectivity index (χ0v) is 10.1. The Morgan fingerprint density at radius 3 is 2.75 bits per heavy atom. The Morgan fingerprint density at radius 1 is 1.50 bits per heavy atom. The van der Waals surface area contributed by atoms with Gasteiger partial charge in [0.05, 0.1) is 11.9 Å². The van der Waals surface area contributed by atoms with Gasteiger partial charge in [-0.15, -0.1) is 0 Å². The highest BCUT2D eigenvalue weighted by Crippen LogP contribution is 2.14. The molecule has 0 aliphatic heterocycles. The van der Waals surface area contributed by atoms with Crippen molar-refractivity contribution in [1.82, 2.24) is 9.71 Å². The van der Waals surface area contributed by atoms with Crippen LogP contribution in [0.5, 0.6) is 0 Å². The quantitative estimate of drug-likeness (QED) is 0.707. The van der Waals surface area contributed by atoms with Gasteiger partial charge in [-0.2, -0.15) is 13.1 Å². The van der Waals surface area contributed by atoms with Crippen LogP contribution in [-0.2, 0) is 10.2 Å². The SMILES string of the molecule is CCCNS(=O)(=O)Nc1ncc(N)cc1C. The van der Waals surface area contributed by atoms with Crippen molar-refractivity contribution in [3.05, 3.63) is 17.8 Å². The van der Waals surface area contributed by atoms with Crippen LogP contribution in [0, 0.1) is 6.92 Å². The van der Waals surface area contributed by atoms with Gasteiger partial charge in [0.25, 0.3) is 10.2 Å². The van der Waals surface area contributed by atoms with Gasteiger partial charge in [-0.25, -0.2) is 4.98 Å². The predicted octanol–water partition coefficient (Wildman–Crippen LogP) is 0.629. The second-order valence-electron chi connectivity index (χ2n) is 3.43. The number of aromatic nitrogens is 1. The molecular formula is C9H16N4O2S. The average Bonchev–Trinajstić information content (AvgIpc) is 2.19. The molecule has 0 aromatic carbocycles. The van der Waals surface area contributed by atoms with Gasteiger partial charge in [-0.1, -0.05) is 6.92 Å². The number of hydrogen-bond acceptors (Lipinski definition) is 4. The molecular weight excluding hydrogens is 228 g/mol. The van der Waals surface area contributed by atoms with E-state index in [0.29, 0.717) is 17.8 Å². The van der Waals surface area contributed by atoms with Crippen molar-refractivity contribution >= 4 is 21.7 Å². The second-order valence-corrected chi connectivity index (χ2v) is 4.93. The molecule has 90 valence electrons. The minimum absolute atomic E-state index is 0.290. The lowest BCUT2D eigenvalue weighted by molar-refractivity contribution is 0.586. The Morgan fingerprint density at radius 2 is 2.19 bits per heavy atom. The topological polar surface area (TPSA) is 97.1 Å². The molecule has 0 aliphatic carbocycles. The Labute approximate surface area is 95.4 Å². The first-order valence-electron chi connectivity index (χ1n) is 4.94. The highest BCUT2D eigenvalue weighted by Gasteiger charge is 2.11. The van der Waals surface area contributed by atoms with Crippen molar-refractivity contribution in [2.24, 2.45) is 0 Å². The number of nitrogens with zero attached hydrogens (tertiary/aromatic N) is 1. The van der Waals surface area contributed by atoms with Gasteiger partial charge in [0.15, 0.2) is 0 Å². The summed E-state index contributed by atoms with van der Waals surface area (Å²) < 4.78 is 27.7. The first-order chi connectivity index (χ1) is 7.44. The van der Waals surface area contributed by atoms with E-state index in [1.807, 2.05) is 6.92 Å². The number of hydrogen-bond donors (Lipinski definition) is 3. The third-order valence-electron chi connectivity index (χ3n) is 1.87. The minimum Gasteiger partial charge on any atom is -0.397 e. The Kier molecular flexibility index (Phi) is 4.08. The lowest BCUT2D eigenvalue weighted by Crippen LogP contribution is -2.31. The number of pyridine rings is 1. The van der Waals surface area contributed by atoms with Crippen molar-refractivity contribution in [1.29, 1.82) is 0 Å². The summed E-state index contributed by atoms with van der Waals surface area (Å²) in [5.74, 6) is 0.290. The van der Waals surface area contributed by atoms with Gasteiger partial charge in [0.1, 0.15) is 5.82 Å². The zero-order chi connectivity index (χ0) is 12.2. The molecule has 0 aliphatic rings. The molecule has 1 rings (SSSR count). The van der Waals surface area contributed by atoms with Crippen LogP contribution in [0.15, 0.2) is 12.3 Å². The molecule has 0 saturated heterocycles. The average molecular weight is 244 g/mol. The van der Waals surface area contributed by atoms with Gasteiger partial charge in [0.2, 0.25) is 0 Å². The maximum atomic E-state index is 11.5. The Bertz CT molecular complexity index is 459. The van der Waals surface area contributed by atoms with Crippen LogP contribution in [0.4, 0.5) is 11.5 Å². The highest BCUT2D eigenvalue weighted by molar-refractivity contribution is 7.90. The number of nitrogen functional groups attached to an aromatic ring is 1. The molecule has 1 aromatic rings. The molecule has 0 saturated carbocycles. The van der Waals surface area contributed by atoms with Gasteiger partial charge in [-0.05, 0) is 25.0 Å². The molecule has 16 heavy (non-hydrogen) atoms. The summed E-state index contributed by atoms with van der Waals surface area (Å²) in [5.41, 5.74) is 6.70. The van der Waals surface area contributed by atoms with E-state index in [1.54, 1.807) is 13.0 Å². The van der Waals surface area contributed by atoms with Gasteiger partial charge in [-0.3, -0.25) is 4.72 Å². The van der Waals surface area contributed by atoms with Crippen LogP contribution >= 0.6 is 0 Å². The fourth-order valence-electron chi connectivity index (χ4n) is 1.10. The molecule has 0 spiro atoms. The van der Waals surface area contributed by atoms with Crippen molar-refractivity contribution < 1.29 is 8.42 Å². The van der Waals surface area contributed by atoms with E-state index in [9.17, 15) is 8.42 Å². The minimum atomic E-state index is -3.54. The van der Waals surface area contributed by atoms with Crippen molar-refractivity contribution in [3.63, 3.8) is 0 Å². The second kappa shape index (κ2) is 5.13. The van der Waals surface area contributed by atoms with Gasteiger partial charge in [0, 0.05) is 6.54 Å². The fraction of sp³-hybridized carbons (Fsp3) is 0.444. The summed E-state index contributed by atoms with van der Waals surface area (Å²) in [4.78, 5) is 3.92. The fourth-order valence-corrected chi connectivity index (χ4v) is 2.12. The number of nitrogens with one attached hydrogen (secondary N) is 2. The summed E-state index contributed by atoms with van der Waals surface area (Å²) in [6, 6.07) is 1.66. The molecule has 1 aromatic heterocycles. The van der Waals surface area contributed by atoms with Crippen molar-refractivity contribution in [2.45, 2.75) is 20.3 Å². The number of rotatable bonds is 5. The molecule has 0 bridgehead atoms. The van der Waals surface area contributed by atoms with E-state index in [1.165, 1.54) is 6.20 Å². The van der Waals surface area contributed by atoms with Crippen LogP contribution in [0.25, 0.3) is 0 Å². The third-order valence-corrected chi connectivity index (χ3v) is 2.92. The first kappa shape index (κ1) is 12.7. The van der Waals surface area contributed by atoms with E-state index in [-0.39, 0.29) is 5.82 Å². The summed E-state index contributed by atoms with van der Waals surface area (Å²) in [5, 5.41) is 0. The van der Waals surface area contributed by atoms with Crippen LogP contribution in [0.3, 0.4) is 0 Å². The molecule has 0 unspecified atom stereocenters. The van der Waals surface area contributed by atoms with E-state index in [4.69, 9.17) is 5.73 Å². The highest BCUT2D eigenvalue weighted by atomic mass is 32.2. The molecule has 4 N–H and O–H groups in total. The lowest BCUT2D eigenvalue weighted by atomic mass is 10.3. The van der Waals surface area contributed by atoms with E-state index in [2.05, 4.69) is 14.4 Å². The molecule has 0 amide bonds. The van der Waals surface area contributed by atoms with Crippen molar-refractivity contribution in [2.75, 3.05) is 17.0 Å². The third kappa shape index (κ3) is 3.67. The Balaban J connectivity index is 2.80. The molecule has 6 nitrogen and oxygen atoms in total. The monoisotopic (exact) mass is 244 g/mol. The zero-order valence-electron chi connectivity index (χ0n) is 9.32. The number of nitrogens with two attached hydrogens (primary N) is 1. The smallest absolute Gasteiger partial charge is 0.300 e. The summed E-state index contributed by atoms with van der Waals surface area (Å²) >= 11 is 0. The number of aryl methyl sites for hydroxylation is 1. The van der Waals surface area contributed by atoms with Crippen LogP contribution in [0.2, 0.25) is 0 Å². The van der Waals surface area contributed by atoms with E-state index < -0.39 is 10.2 Å². The molecule has 0 atom stereocenters. The standard InChI is InChI=1S/C9H16N4O2S/c1-3-4-12-16(14,15)13-9-7(2)5-8(10)6-11-9/h5-6,12H,3-4,10H2,1-2H3,(H,11,13). The van der Waals surface area contributed by atoms with E-state index in [0.717, 1.165) is 6.42 Å². The molecule has 0 fully saturated rings. The van der Waals surface area contributed by atoms with Gasteiger partial charge >= 0.3 is 0 Å². The largest absolute Gasteiger partial charge is 0.397 e. The molecule has 0 radical (unpaired) electrons. The molecule has 1 heterocycles. The van der Waals surface area contributed by atoms with Crippen LogP contribution < -0.4 is 15.2 Å². The van der Waals surface area contributed by atoms with Crippen LogP contribution in [0.1, 0.15) is 18.9 Å². The predicted molar refractivity (Wildman–Crippen MR) is 64.2 cm³/mol. The Hall–Kier alpha value is -1.34. The molecule has 7 heteroatoms. The normalized spacial score (nSPS) is 11.4. The van der Waals surface area contributed by atoms with Crippen molar-refractivity contribution in [3.8, 4) is 0 Å². The van der Waals surface area contributed by atoms with Crippen LogP contribution in [-0.4, -0.2) is 19.9 Å². The maximum Gasteiger partial charge on any atom is 0.300 e. The first-order valence-corrected chi connectivity index (χ1v) is 6.42. The summed E-state index contributed by atoms with van der Waals surface area (Å²) in [6.07, 6.45) is 2.14. The van der Waals surface area contributed by atoms with Gasteiger partial charge < -0.3 is 5.73 Å². The summed E-state index contributed by atoms with van der Waals surface area (Å²) in [7, 11) is -3.54. The summed E-state index contributed by atoms with van der Waals surface area (Å²) in [6.45, 7) is 4.01. The van der Waals surface area contributed by atoms with E-state index >= 15 is 0 Å².